The van der Waals surface area contributed by atoms with Gasteiger partial charge in [0, 0.05) is 5.56 Å². The number of rotatable bonds is 1. The van der Waals surface area contributed by atoms with Crippen LogP contribution in [0, 0.1) is 11.5 Å². The van der Waals surface area contributed by atoms with Crippen LogP contribution >= 0.6 is 0 Å². The quantitative estimate of drug-likeness (QED) is 0.541. The van der Waals surface area contributed by atoms with E-state index in [0.29, 0.717) is 0 Å². The first-order chi connectivity index (χ1) is 9.94. The Kier molecular flexibility index (Phi) is 2.82. The average molecular weight is 296 g/mol. The summed E-state index contributed by atoms with van der Waals surface area (Å²) in [5, 5.41) is 0. The minimum atomic E-state index is -1.31. The van der Waals surface area contributed by atoms with Gasteiger partial charge in [0.05, 0.1) is 0 Å². The van der Waals surface area contributed by atoms with Crippen LogP contribution < -0.4 is 4.74 Å². The molecule has 0 saturated heterocycles. The van der Waals surface area contributed by atoms with Crippen LogP contribution in [0.25, 0.3) is 0 Å². The summed E-state index contributed by atoms with van der Waals surface area (Å²) in [4.78, 5) is 0. The Morgan fingerprint density at radius 3 is 2.52 bits per heavy atom. The van der Waals surface area contributed by atoms with Gasteiger partial charge in [-0.3, -0.25) is 0 Å². The molecule has 0 aromatic heterocycles. The van der Waals surface area contributed by atoms with Gasteiger partial charge in [-0.15, -0.1) is 5.54 Å². The standard InChI is InChI=1S/C19H24OSi/c1-21(2,3)11-7-14-12-16-6-8-19(9-10-19)20-18(16)17(13-14)15-4-5-15/h12-13,15H,4-6,8-10H2,1-3H3. The molecular weight excluding hydrogens is 272 g/mol. The first kappa shape index (κ1) is 13.5. The number of benzene rings is 1. The molecule has 0 radical (unpaired) electrons. The molecule has 4 rings (SSSR count). The molecule has 3 aliphatic rings. The number of fused-ring (bicyclic) bond motifs is 1. The van der Waals surface area contributed by atoms with E-state index in [1.54, 1.807) is 0 Å². The first-order valence-electron chi connectivity index (χ1n) is 8.33. The van der Waals surface area contributed by atoms with Gasteiger partial charge in [0.15, 0.2) is 0 Å². The van der Waals surface area contributed by atoms with Crippen LogP contribution in [-0.2, 0) is 6.42 Å². The Morgan fingerprint density at radius 2 is 1.90 bits per heavy atom. The molecule has 1 aliphatic heterocycles. The zero-order valence-electron chi connectivity index (χ0n) is 13.4. The lowest BCUT2D eigenvalue weighted by atomic mass is 9.94. The lowest BCUT2D eigenvalue weighted by molar-refractivity contribution is 0.149. The second kappa shape index (κ2) is 4.40. The van der Waals surface area contributed by atoms with Gasteiger partial charge < -0.3 is 4.74 Å². The van der Waals surface area contributed by atoms with Gasteiger partial charge in [0.2, 0.25) is 0 Å². The van der Waals surface area contributed by atoms with Gasteiger partial charge in [-0.2, -0.15) is 0 Å². The minimum Gasteiger partial charge on any atom is -0.487 e. The van der Waals surface area contributed by atoms with Crippen LogP contribution in [0.1, 0.15) is 54.7 Å². The highest BCUT2D eigenvalue weighted by Crippen LogP contribution is 2.53. The van der Waals surface area contributed by atoms with E-state index in [1.807, 2.05) is 0 Å². The Hall–Kier alpha value is -1.20. The number of ether oxygens (including phenoxy) is 1. The molecule has 2 saturated carbocycles. The summed E-state index contributed by atoms with van der Waals surface area (Å²) in [5.74, 6) is 5.42. The number of aryl methyl sites for hydroxylation is 1. The molecule has 110 valence electrons. The largest absolute Gasteiger partial charge is 0.487 e. The highest BCUT2D eigenvalue weighted by molar-refractivity contribution is 6.83. The second-order valence-electron chi connectivity index (χ2n) is 8.11. The molecule has 2 heteroatoms. The van der Waals surface area contributed by atoms with Crippen LogP contribution in [0.15, 0.2) is 12.1 Å². The van der Waals surface area contributed by atoms with Crippen LogP contribution in [0.4, 0.5) is 0 Å². The first-order valence-corrected chi connectivity index (χ1v) is 11.8. The van der Waals surface area contributed by atoms with Crippen LogP contribution in [0.5, 0.6) is 5.75 Å². The molecule has 2 aliphatic carbocycles. The smallest absolute Gasteiger partial charge is 0.129 e. The lowest BCUT2D eigenvalue weighted by Crippen LogP contribution is -2.25. The van der Waals surface area contributed by atoms with E-state index in [-0.39, 0.29) is 5.60 Å². The molecule has 1 spiro atoms. The normalized spacial score (nSPS) is 22.0. The minimum absolute atomic E-state index is 0.224. The third-order valence-electron chi connectivity index (χ3n) is 4.77. The van der Waals surface area contributed by atoms with Gasteiger partial charge in [-0.1, -0.05) is 25.6 Å². The summed E-state index contributed by atoms with van der Waals surface area (Å²) in [6, 6.07) is 4.62. The fourth-order valence-corrected chi connectivity index (χ4v) is 3.69. The molecule has 1 aromatic carbocycles. The number of hydrogen-bond donors (Lipinski definition) is 0. The topological polar surface area (TPSA) is 9.23 Å². The van der Waals surface area contributed by atoms with Crippen molar-refractivity contribution < 1.29 is 4.74 Å². The Labute approximate surface area is 129 Å². The SMILES string of the molecule is C[Si](C)(C)C#Cc1cc2c(c(C3CC3)c1)OC1(CC2)CC1. The summed E-state index contributed by atoms with van der Waals surface area (Å²) >= 11 is 0. The maximum Gasteiger partial charge on any atom is 0.129 e. The van der Waals surface area contributed by atoms with E-state index < -0.39 is 8.07 Å². The molecule has 0 atom stereocenters. The van der Waals surface area contributed by atoms with Crippen molar-refractivity contribution in [2.75, 3.05) is 0 Å². The summed E-state index contributed by atoms with van der Waals surface area (Å²) in [5.41, 5.74) is 7.82. The van der Waals surface area contributed by atoms with E-state index in [4.69, 9.17) is 4.74 Å². The van der Waals surface area contributed by atoms with Gasteiger partial charge in [-0.25, -0.2) is 0 Å². The van der Waals surface area contributed by atoms with Crippen molar-refractivity contribution in [3.63, 3.8) is 0 Å². The Bertz CT molecular complexity index is 649. The Morgan fingerprint density at radius 1 is 1.14 bits per heavy atom. The van der Waals surface area contributed by atoms with Gasteiger partial charge >= 0.3 is 0 Å². The van der Waals surface area contributed by atoms with Crippen molar-refractivity contribution in [1.82, 2.24) is 0 Å². The maximum absolute atomic E-state index is 6.42. The van der Waals surface area contributed by atoms with E-state index >= 15 is 0 Å². The van der Waals surface area contributed by atoms with Crippen LogP contribution in [0.2, 0.25) is 19.6 Å². The molecular formula is C19H24OSi. The highest BCUT2D eigenvalue weighted by atomic mass is 28.3. The average Bonchev–Trinajstić information content (AvgIpc) is 3.31. The zero-order chi connectivity index (χ0) is 14.7. The molecule has 21 heavy (non-hydrogen) atoms. The summed E-state index contributed by atoms with van der Waals surface area (Å²) in [6.45, 7) is 6.92. The van der Waals surface area contributed by atoms with E-state index in [9.17, 15) is 0 Å². The van der Waals surface area contributed by atoms with Crippen molar-refractivity contribution in [3.05, 3.63) is 28.8 Å². The molecule has 0 N–H and O–H groups in total. The van der Waals surface area contributed by atoms with Gasteiger partial charge in [0.25, 0.3) is 0 Å². The maximum atomic E-state index is 6.42. The molecule has 0 unspecified atom stereocenters. The molecule has 1 heterocycles. The molecule has 0 amide bonds. The monoisotopic (exact) mass is 296 g/mol. The molecule has 0 bridgehead atoms. The zero-order valence-corrected chi connectivity index (χ0v) is 14.4. The third-order valence-corrected chi connectivity index (χ3v) is 5.64. The fourth-order valence-electron chi connectivity index (χ4n) is 3.17. The van der Waals surface area contributed by atoms with Crippen molar-refractivity contribution >= 4 is 8.07 Å². The van der Waals surface area contributed by atoms with Gasteiger partial charge in [0.1, 0.15) is 19.4 Å². The van der Waals surface area contributed by atoms with E-state index in [2.05, 4.69) is 43.2 Å². The summed E-state index contributed by atoms with van der Waals surface area (Å²) < 4.78 is 6.42. The lowest BCUT2D eigenvalue weighted by Gasteiger charge is -2.28. The molecule has 1 aromatic rings. The van der Waals surface area contributed by atoms with Crippen LogP contribution in [0.3, 0.4) is 0 Å². The summed E-state index contributed by atoms with van der Waals surface area (Å²) in [7, 11) is -1.31. The van der Waals surface area contributed by atoms with Gasteiger partial charge in [-0.05, 0) is 67.7 Å². The van der Waals surface area contributed by atoms with Crippen molar-refractivity contribution in [1.29, 1.82) is 0 Å². The number of hydrogen-bond acceptors (Lipinski definition) is 1. The van der Waals surface area contributed by atoms with Crippen molar-refractivity contribution in [2.24, 2.45) is 0 Å². The van der Waals surface area contributed by atoms with Crippen molar-refractivity contribution in [3.8, 4) is 17.2 Å². The molecule has 2 fully saturated rings. The highest BCUT2D eigenvalue weighted by Gasteiger charge is 2.48. The molecule has 1 nitrogen and oxygen atoms in total. The van der Waals surface area contributed by atoms with Crippen LogP contribution in [-0.4, -0.2) is 13.7 Å². The summed E-state index contributed by atoms with van der Waals surface area (Å²) in [6.07, 6.45) is 7.55. The van der Waals surface area contributed by atoms with E-state index in [1.165, 1.54) is 61.0 Å². The second-order valence-corrected chi connectivity index (χ2v) is 12.9. The predicted octanol–water partition coefficient (Wildman–Crippen LogP) is 4.65. The predicted molar refractivity (Wildman–Crippen MR) is 89.6 cm³/mol. The third kappa shape index (κ3) is 2.76. The van der Waals surface area contributed by atoms with Crippen molar-refractivity contribution in [2.45, 2.75) is 69.7 Å². The Balaban J connectivity index is 1.74. The fraction of sp³-hybridized carbons (Fsp3) is 0.579. The van der Waals surface area contributed by atoms with E-state index in [0.717, 1.165) is 5.92 Å².